The van der Waals surface area contributed by atoms with Crippen LogP contribution in [0.15, 0.2) is 18.2 Å². The van der Waals surface area contributed by atoms with Crippen LogP contribution >= 0.6 is 12.2 Å². The second-order valence-electron chi connectivity index (χ2n) is 5.48. The molecule has 2 heterocycles. The van der Waals surface area contributed by atoms with E-state index in [-0.39, 0.29) is 0 Å². The first-order valence-electron chi connectivity index (χ1n) is 7.55. The number of aryl methyl sites for hydroxylation is 2. The van der Waals surface area contributed by atoms with E-state index in [1.54, 1.807) is 0 Å². The molecular formula is C17H20N2OS. The number of aromatic nitrogens is 2. The van der Waals surface area contributed by atoms with Crippen LogP contribution in [0.2, 0.25) is 0 Å². The summed E-state index contributed by atoms with van der Waals surface area (Å²) in [6.45, 7) is 4.96. The van der Waals surface area contributed by atoms with Gasteiger partial charge in [0.25, 0.3) is 0 Å². The van der Waals surface area contributed by atoms with E-state index in [4.69, 9.17) is 17.0 Å². The summed E-state index contributed by atoms with van der Waals surface area (Å²) in [6, 6.07) is 6.35. The molecule has 0 atom stereocenters. The van der Waals surface area contributed by atoms with E-state index in [1.165, 1.54) is 5.56 Å². The quantitative estimate of drug-likeness (QED) is 0.854. The molecule has 1 aliphatic rings. The van der Waals surface area contributed by atoms with Gasteiger partial charge in [0.2, 0.25) is 0 Å². The fraction of sp³-hybridized carbons (Fsp3) is 0.412. The Morgan fingerprint density at radius 1 is 1.38 bits per heavy atom. The molecule has 2 aromatic rings. The molecule has 3 rings (SSSR count). The molecule has 0 saturated carbocycles. The van der Waals surface area contributed by atoms with E-state index in [1.807, 2.05) is 6.92 Å². The van der Waals surface area contributed by atoms with Crippen molar-refractivity contribution in [2.75, 3.05) is 6.61 Å². The zero-order valence-electron chi connectivity index (χ0n) is 12.5. The lowest BCUT2D eigenvalue weighted by Crippen LogP contribution is -2.10. The van der Waals surface area contributed by atoms with Gasteiger partial charge in [0.15, 0.2) is 0 Å². The minimum absolute atomic E-state index is 0.681. The fourth-order valence-electron chi connectivity index (χ4n) is 2.79. The highest BCUT2D eigenvalue weighted by Gasteiger charge is 2.18. The average molecular weight is 300 g/mol. The van der Waals surface area contributed by atoms with Crippen molar-refractivity contribution in [1.29, 1.82) is 0 Å². The third-order valence-electron chi connectivity index (χ3n) is 3.89. The largest absolute Gasteiger partial charge is 0.493 e. The van der Waals surface area contributed by atoms with Crippen molar-refractivity contribution in [1.82, 2.24) is 9.97 Å². The van der Waals surface area contributed by atoms with Crippen molar-refractivity contribution in [3.05, 3.63) is 39.8 Å². The number of hydrogen-bond donors (Lipinski definition) is 1. The van der Waals surface area contributed by atoms with Crippen LogP contribution in [0.4, 0.5) is 0 Å². The van der Waals surface area contributed by atoms with Crippen molar-refractivity contribution in [3.63, 3.8) is 0 Å². The van der Waals surface area contributed by atoms with Crippen LogP contribution in [-0.4, -0.2) is 16.6 Å². The number of hydrogen-bond acceptors (Lipinski definition) is 3. The molecule has 1 N–H and O–H groups in total. The Labute approximate surface area is 130 Å². The monoisotopic (exact) mass is 300 g/mol. The molecule has 0 radical (unpaired) electrons. The minimum atomic E-state index is 0.681. The zero-order chi connectivity index (χ0) is 14.8. The number of aromatic amines is 1. The number of H-pyrrole nitrogens is 1. The van der Waals surface area contributed by atoms with E-state index in [9.17, 15) is 0 Å². The molecule has 1 aromatic carbocycles. The molecule has 1 aliphatic heterocycles. The Kier molecular flexibility index (Phi) is 4.06. The topological polar surface area (TPSA) is 37.9 Å². The van der Waals surface area contributed by atoms with Gasteiger partial charge in [0, 0.05) is 17.5 Å². The Hall–Kier alpha value is -1.68. The number of para-hydroxylation sites is 1. The average Bonchev–Trinajstić information content (AvgIpc) is 2.50. The van der Waals surface area contributed by atoms with Gasteiger partial charge >= 0.3 is 0 Å². The molecule has 0 spiro atoms. The smallest absolute Gasteiger partial charge is 0.133 e. The molecule has 0 aliphatic carbocycles. The molecule has 0 unspecified atom stereocenters. The first-order chi connectivity index (χ1) is 10.2. The summed E-state index contributed by atoms with van der Waals surface area (Å²) in [5.74, 6) is 1.96. The fourth-order valence-corrected chi connectivity index (χ4v) is 3.00. The Morgan fingerprint density at radius 3 is 3.05 bits per heavy atom. The van der Waals surface area contributed by atoms with Gasteiger partial charge in [-0.2, -0.15) is 0 Å². The minimum Gasteiger partial charge on any atom is -0.493 e. The van der Waals surface area contributed by atoms with Gasteiger partial charge < -0.3 is 9.72 Å². The zero-order valence-corrected chi connectivity index (χ0v) is 13.3. The van der Waals surface area contributed by atoms with E-state index >= 15 is 0 Å². The lowest BCUT2D eigenvalue weighted by atomic mass is 9.99. The highest BCUT2D eigenvalue weighted by atomic mass is 32.1. The molecule has 21 heavy (non-hydrogen) atoms. The SMILES string of the molecule is CCCc1nc(=S)c(C)c(-c2cccc3c2OCCC3)[nH]1. The molecule has 4 heteroatoms. The maximum Gasteiger partial charge on any atom is 0.133 e. The standard InChI is InChI=1S/C17H20N2OS/c1-3-6-14-18-15(11(2)17(21)19-14)13-9-4-7-12-8-5-10-20-16(12)13/h4,7,9H,3,5-6,8,10H2,1-2H3,(H,18,19,21). The summed E-state index contributed by atoms with van der Waals surface area (Å²) in [6.07, 6.45) is 4.12. The summed E-state index contributed by atoms with van der Waals surface area (Å²) in [7, 11) is 0. The van der Waals surface area contributed by atoms with Gasteiger partial charge in [0.1, 0.15) is 16.2 Å². The molecule has 3 nitrogen and oxygen atoms in total. The third kappa shape index (κ3) is 2.72. The van der Waals surface area contributed by atoms with Crippen LogP contribution in [0.25, 0.3) is 11.3 Å². The van der Waals surface area contributed by atoms with Gasteiger partial charge in [-0.1, -0.05) is 31.3 Å². The van der Waals surface area contributed by atoms with Crippen LogP contribution in [0.3, 0.4) is 0 Å². The molecule has 0 amide bonds. The van der Waals surface area contributed by atoms with Crippen LogP contribution in [0.1, 0.15) is 36.7 Å². The van der Waals surface area contributed by atoms with Crippen molar-refractivity contribution >= 4 is 12.2 Å². The van der Waals surface area contributed by atoms with Crippen molar-refractivity contribution in [3.8, 4) is 17.0 Å². The van der Waals surface area contributed by atoms with Crippen molar-refractivity contribution < 1.29 is 4.74 Å². The predicted octanol–water partition coefficient (Wildman–Crippen LogP) is 4.39. The number of benzene rings is 1. The van der Waals surface area contributed by atoms with Crippen LogP contribution in [-0.2, 0) is 12.8 Å². The molecule has 0 bridgehead atoms. The number of nitrogens with zero attached hydrogens (tertiary/aromatic N) is 1. The predicted molar refractivity (Wildman–Crippen MR) is 87.4 cm³/mol. The summed E-state index contributed by atoms with van der Waals surface area (Å²) < 4.78 is 6.61. The maximum atomic E-state index is 5.93. The molecule has 110 valence electrons. The number of fused-ring (bicyclic) bond motifs is 1. The highest BCUT2D eigenvalue weighted by Crippen LogP contribution is 2.36. The second-order valence-corrected chi connectivity index (χ2v) is 5.87. The van der Waals surface area contributed by atoms with Gasteiger partial charge in [-0.25, -0.2) is 4.98 Å². The summed E-state index contributed by atoms with van der Waals surface area (Å²) in [5, 5.41) is 0. The van der Waals surface area contributed by atoms with Gasteiger partial charge in [-0.05, 0) is 37.8 Å². The lowest BCUT2D eigenvalue weighted by Gasteiger charge is -2.21. The van der Waals surface area contributed by atoms with E-state index in [2.05, 4.69) is 35.1 Å². The summed E-state index contributed by atoms with van der Waals surface area (Å²) >= 11 is 5.43. The Morgan fingerprint density at radius 2 is 2.24 bits per heavy atom. The van der Waals surface area contributed by atoms with Gasteiger partial charge in [-0.3, -0.25) is 0 Å². The van der Waals surface area contributed by atoms with Crippen LogP contribution < -0.4 is 4.74 Å². The first kappa shape index (κ1) is 14.3. The first-order valence-corrected chi connectivity index (χ1v) is 7.96. The molecular weight excluding hydrogens is 280 g/mol. The van der Waals surface area contributed by atoms with E-state index in [0.717, 1.165) is 60.7 Å². The highest BCUT2D eigenvalue weighted by molar-refractivity contribution is 7.71. The normalized spacial score (nSPS) is 13.6. The van der Waals surface area contributed by atoms with Crippen LogP contribution in [0, 0.1) is 11.6 Å². The summed E-state index contributed by atoms with van der Waals surface area (Å²) in [5.41, 5.74) is 4.46. The van der Waals surface area contributed by atoms with Gasteiger partial charge in [0.05, 0.1) is 12.3 Å². The van der Waals surface area contributed by atoms with Gasteiger partial charge in [-0.15, -0.1) is 0 Å². The molecule has 0 fully saturated rings. The lowest BCUT2D eigenvalue weighted by molar-refractivity contribution is 0.289. The molecule has 1 aromatic heterocycles. The van der Waals surface area contributed by atoms with E-state index < -0.39 is 0 Å². The van der Waals surface area contributed by atoms with Crippen LogP contribution in [0.5, 0.6) is 5.75 Å². The third-order valence-corrected chi connectivity index (χ3v) is 4.29. The maximum absolute atomic E-state index is 5.93. The number of rotatable bonds is 3. The summed E-state index contributed by atoms with van der Waals surface area (Å²) in [4.78, 5) is 7.94. The van der Waals surface area contributed by atoms with E-state index in [0.29, 0.717) is 4.64 Å². The Balaban J connectivity index is 2.18. The second kappa shape index (κ2) is 5.98. The van der Waals surface area contributed by atoms with Crippen molar-refractivity contribution in [2.24, 2.45) is 0 Å². The number of ether oxygens (including phenoxy) is 1. The molecule has 0 saturated heterocycles. The number of nitrogens with one attached hydrogen (secondary N) is 1. The Bertz CT molecular complexity index is 721. The van der Waals surface area contributed by atoms with Crippen molar-refractivity contribution in [2.45, 2.75) is 39.5 Å².